The molecule has 0 saturated carbocycles. The van der Waals surface area contributed by atoms with Crippen molar-refractivity contribution in [3.63, 3.8) is 0 Å². The SMILES string of the molecule is [2H]C([2H])([2H])c1cnc(-c2[c-]ccc3c2oc2c3ccc3c4ccc(C#N)cc4oc32)cc1C([2H])([2H])C(C)(C)C.[2H]C([2H])(c1c[c-]c(-c2[c-]cccc2)cc1)C(C)(C)C.[Ir]. The van der Waals surface area contributed by atoms with Crippen LogP contribution in [-0.4, -0.2) is 4.98 Å². The number of aromatic nitrogens is 1. The number of hydrogen-bond acceptors (Lipinski definition) is 4. The van der Waals surface area contributed by atoms with Crippen molar-refractivity contribution >= 4 is 43.9 Å². The molecule has 0 amide bonds. The molecule has 4 nitrogen and oxygen atoms in total. The summed E-state index contributed by atoms with van der Waals surface area (Å²) in [7, 11) is 0. The largest absolute Gasteiger partial charge is 0.497 e. The van der Waals surface area contributed by atoms with Crippen molar-refractivity contribution in [1.82, 2.24) is 4.98 Å². The van der Waals surface area contributed by atoms with E-state index >= 15 is 0 Å². The van der Waals surface area contributed by atoms with Crippen LogP contribution in [-0.2, 0) is 32.9 Å². The summed E-state index contributed by atoms with van der Waals surface area (Å²) in [6, 6.07) is 39.2. The number of aryl methyl sites for hydroxylation is 1. The van der Waals surface area contributed by atoms with E-state index < -0.39 is 30.4 Å². The molecular weight excluding hydrogens is 817 g/mol. The third kappa shape index (κ3) is 7.75. The van der Waals surface area contributed by atoms with Crippen LogP contribution in [0.15, 0.2) is 106 Å². The fourth-order valence-electron chi connectivity index (χ4n) is 6.06. The van der Waals surface area contributed by atoms with Crippen molar-refractivity contribution in [2.75, 3.05) is 0 Å². The zero-order valence-electron chi connectivity index (χ0n) is 36.8. The Morgan fingerprint density at radius 1 is 0.750 bits per heavy atom. The summed E-state index contributed by atoms with van der Waals surface area (Å²) in [5, 5.41) is 12.6. The minimum absolute atomic E-state index is 0. The molecule has 0 bridgehead atoms. The first-order valence-electron chi connectivity index (χ1n) is 20.3. The fraction of sp³-hybridized carbons (Fsp3) is 0.234. The summed E-state index contributed by atoms with van der Waals surface area (Å²) in [5.41, 5.74) is 4.69. The molecule has 0 N–H and O–H groups in total. The molecule has 0 saturated heterocycles. The monoisotopic (exact) mass is 865 g/mol. The van der Waals surface area contributed by atoms with Gasteiger partial charge in [-0.05, 0) is 59.6 Å². The standard InChI is InChI=1S/C30H23N2O2.C17H18.Ir/c1-17-16-32-25(13-19(17)14-30(2,3)4)24-7-5-6-21-23-11-10-22-20-9-8-18(15-31)12-26(20)33-28(22)29(23)34-27(21)24;1-17(2,3)13-14-9-11-16(12-10-14)15-7-5-4-6-8-15;/h5-6,8-13,16H,14H2,1-4H3;4-7,9-11H,13H2,1-3H3;/q-1;-2;/i1D3,14D2;13D2;. The molecule has 3 heterocycles. The van der Waals surface area contributed by atoms with Crippen LogP contribution in [0, 0.1) is 47.2 Å². The molecule has 0 unspecified atom stereocenters. The molecule has 0 spiro atoms. The topological polar surface area (TPSA) is 63.0 Å². The van der Waals surface area contributed by atoms with E-state index in [1.54, 1.807) is 45.0 Å². The molecule has 5 heteroatoms. The third-order valence-corrected chi connectivity index (χ3v) is 8.17. The van der Waals surface area contributed by atoms with E-state index in [9.17, 15) is 5.26 Å². The first-order valence-corrected chi connectivity index (χ1v) is 16.8. The van der Waals surface area contributed by atoms with Gasteiger partial charge in [0.2, 0.25) is 0 Å². The maximum atomic E-state index is 9.28. The zero-order chi connectivity index (χ0) is 42.0. The molecule has 0 aliphatic heterocycles. The van der Waals surface area contributed by atoms with Crippen molar-refractivity contribution in [3.05, 3.63) is 138 Å². The van der Waals surface area contributed by atoms with Gasteiger partial charge in [-0.15, -0.1) is 29.8 Å². The normalized spacial score (nSPS) is 14.5. The maximum absolute atomic E-state index is 9.28. The van der Waals surface area contributed by atoms with Crippen LogP contribution in [0.25, 0.3) is 66.3 Å². The van der Waals surface area contributed by atoms with Gasteiger partial charge < -0.3 is 13.8 Å². The average Bonchev–Trinajstić information content (AvgIpc) is 3.75. The predicted octanol–water partition coefficient (Wildman–Crippen LogP) is 12.7. The number of fused-ring (bicyclic) bond motifs is 7. The van der Waals surface area contributed by atoms with E-state index in [1.165, 1.54) is 12.3 Å². The zero-order valence-corrected chi connectivity index (χ0v) is 32.2. The third-order valence-electron chi connectivity index (χ3n) is 8.17. The Hall–Kier alpha value is -5.01. The second kappa shape index (κ2) is 14.5. The van der Waals surface area contributed by atoms with Gasteiger partial charge in [0.1, 0.15) is 5.58 Å². The molecule has 0 fully saturated rings. The van der Waals surface area contributed by atoms with Gasteiger partial charge in [-0.25, -0.2) is 11.1 Å². The van der Waals surface area contributed by atoms with E-state index in [2.05, 4.69) is 29.3 Å². The van der Waals surface area contributed by atoms with E-state index in [4.69, 9.17) is 18.4 Å². The Kier molecular flexibility index (Phi) is 7.99. The number of nitrogens with zero attached hydrogens (tertiary/aromatic N) is 2. The summed E-state index contributed by atoms with van der Waals surface area (Å²) in [6.07, 6.45) is -2.10. The van der Waals surface area contributed by atoms with Gasteiger partial charge in [0, 0.05) is 52.1 Å². The van der Waals surface area contributed by atoms with E-state index in [0.717, 1.165) is 32.7 Å². The van der Waals surface area contributed by atoms with Crippen LogP contribution in [0.3, 0.4) is 0 Å². The molecule has 3 aromatic heterocycles. The second-order valence-electron chi connectivity index (χ2n) is 14.6. The minimum atomic E-state index is -2.53. The Balaban J connectivity index is 0.000000247. The molecule has 0 atom stereocenters. The van der Waals surface area contributed by atoms with Crippen molar-refractivity contribution in [3.8, 4) is 28.5 Å². The van der Waals surface area contributed by atoms with Gasteiger partial charge in [-0.1, -0.05) is 76.6 Å². The predicted molar refractivity (Wildman–Crippen MR) is 208 cm³/mol. The van der Waals surface area contributed by atoms with Gasteiger partial charge in [-0.2, -0.15) is 53.8 Å². The number of pyridine rings is 1. The molecule has 263 valence electrons. The van der Waals surface area contributed by atoms with Gasteiger partial charge in [-0.3, -0.25) is 0 Å². The van der Waals surface area contributed by atoms with Gasteiger partial charge >= 0.3 is 0 Å². The first-order chi connectivity index (χ1) is 27.1. The average molecular weight is 865 g/mol. The molecule has 52 heavy (non-hydrogen) atoms. The smallest absolute Gasteiger partial charge is 0.177 e. The molecule has 0 aliphatic carbocycles. The Bertz CT molecular complexity index is 2860. The number of hydrogen-bond donors (Lipinski definition) is 0. The van der Waals surface area contributed by atoms with E-state index in [0.29, 0.717) is 44.7 Å². The van der Waals surface area contributed by atoms with Gasteiger partial charge in [0.15, 0.2) is 11.2 Å². The van der Waals surface area contributed by atoms with Crippen molar-refractivity contribution in [2.45, 2.75) is 61.1 Å². The fourth-order valence-corrected chi connectivity index (χ4v) is 6.06. The van der Waals surface area contributed by atoms with Crippen LogP contribution in [0.1, 0.15) is 73.4 Å². The summed E-state index contributed by atoms with van der Waals surface area (Å²) in [4.78, 5) is 4.44. The number of nitriles is 1. The van der Waals surface area contributed by atoms with E-state index in [1.807, 2.05) is 81.4 Å². The van der Waals surface area contributed by atoms with Crippen LogP contribution in [0.5, 0.6) is 0 Å². The molecular formula is C47H41IrN2O2-3. The second-order valence-corrected chi connectivity index (χ2v) is 14.6. The van der Waals surface area contributed by atoms with Gasteiger partial charge in [0.25, 0.3) is 0 Å². The summed E-state index contributed by atoms with van der Waals surface area (Å²) in [5.74, 6) is 0. The van der Waals surface area contributed by atoms with Crippen molar-refractivity contribution in [1.29, 1.82) is 5.26 Å². The Morgan fingerprint density at radius 2 is 1.46 bits per heavy atom. The van der Waals surface area contributed by atoms with Crippen molar-refractivity contribution < 1.29 is 38.5 Å². The van der Waals surface area contributed by atoms with Crippen LogP contribution in [0.2, 0.25) is 0 Å². The van der Waals surface area contributed by atoms with Crippen molar-refractivity contribution in [2.24, 2.45) is 10.8 Å². The molecule has 0 aliphatic rings. The summed E-state index contributed by atoms with van der Waals surface area (Å²) in [6.45, 7) is 8.40. The number of benzene rings is 5. The number of rotatable bonds is 4. The molecule has 1 radical (unpaired) electrons. The van der Waals surface area contributed by atoms with E-state index in [-0.39, 0.29) is 31.2 Å². The quantitative estimate of drug-likeness (QED) is 0.165. The Labute approximate surface area is 329 Å². The summed E-state index contributed by atoms with van der Waals surface area (Å²) < 4.78 is 70.7. The Morgan fingerprint density at radius 3 is 2.13 bits per heavy atom. The van der Waals surface area contributed by atoms with Crippen LogP contribution >= 0.6 is 0 Å². The van der Waals surface area contributed by atoms with Gasteiger partial charge in [0.05, 0.1) is 17.2 Å². The molecule has 5 aromatic carbocycles. The summed E-state index contributed by atoms with van der Waals surface area (Å²) >= 11 is 0. The minimum Gasteiger partial charge on any atom is -0.497 e. The number of furan rings is 2. The first kappa shape index (κ1) is 28.6. The molecule has 8 rings (SSSR count). The molecule has 8 aromatic rings. The van der Waals surface area contributed by atoms with Crippen LogP contribution < -0.4 is 0 Å². The maximum Gasteiger partial charge on any atom is 0.177 e. The van der Waals surface area contributed by atoms with Crippen LogP contribution in [0.4, 0.5) is 0 Å².